The number of carbonyl (C=O) groups is 1. The van der Waals surface area contributed by atoms with E-state index in [0.29, 0.717) is 13.0 Å². The summed E-state index contributed by atoms with van der Waals surface area (Å²) in [5, 5.41) is 0. The summed E-state index contributed by atoms with van der Waals surface area (Å²) < 4.78 is 5.19. The van der Waals surface area contributed by atoms with Crippen LogP contribution in [0, 0.1) is 0 Å². The molecular weight excluding hydrogens is 224 g/mol. The molecule has 0 fully saturated rings. The molecule has 0 aromatic heterocycles. The summed E-state index contributed by atoms with van der Waals surface area (Å²) in [5.74, 6) is -0.0248. The first-order valence-electron chi connectivity index (χ1n) is 7.35. The Kier molecular flexibility index (Phi) is 9.23. The van der Waals surface area contributed by atoms with E-state index in [0.717, 1.165) is 51.4 Å². The van der Waals surface area contributed by atoms with Gasteiger partial charge in [0.1, 0.15) is 0 Å². The second-order valence-electron chi connectivity index (χ2n) is 4.84. The molecule has 1 heterocycles. The van der Waals surface area contributed by atoms with Gasteiger partial charge >= 0.3 is 5.97 Å². The number of hydrogen-bond acceptors (Lipinski definition) is 2. The van der Waals surface area contributed by atoms with Gasteiger partial charge in [-0.2, -0.15) is 0 Å². The first-order valence-corrected chi connectivity index (χ1v) is 7.35. The van der Waals surface area contributed by atoms with Gasteiger partial charge in [-0.3, -0.25) is 4.79 Å². The van der Waals surface area contributed by atoms with Gasteiger partial charge in [0, 0.05) is 6.42 Å². The van der Waals surface area contributed by atoms with Gasteiger partial charge in [-0.05, 0) is 57.8 Å². The minimum atomic E-state index is -0.0248. The molecule has 0 spiro atoms. The van der Waals surface area contributed by atoms with Gasteiger partial charge in [-0.15, -0.1) is 0 Å². The van der Waals surface area contributed by atoms with E-state index in [4.69, 9.17) is 4.74 Å². The SMILES string of the molecule is O=C1CCCC/C=C\CC/C=C\CCCCCO1. The summed E-state index contributed by atoms with van der Waals surface area (Å²) in [6.45, 7) is 0.600. The Labute approximate surface area is 111 Å². The van der Waals surface area contributed by atoms with Gasteiger partial charge in [0.05, 0.1) is 6.61 Å². The Morgan fingerprint density at radius 1 is 0.722 bits per heavy atom. The van der Waals surface area contributed by atoms with Crippen LogP contribution in [0.2, 0.25) is 0 Å². The summed E-state index contributed by atoms with van der Waals surface area (Å²) in [4.78, 5) is 11.4. The van der Waals surface area contributed by atoms with Gasteiger partial charge in [-0.1, -0.05) is 24.3 Å². The van der Waals surface area contributed by atoms with Crippen LogP contribution < -0.4 is 0 Å². The highest BCUT2D eigenvalue weighted by molar-refractivity contribution is 5.69. The Morgan fingerprint density at radius 2 is 1.33 bits per heavy atom. The number of cyclic esters (lactones) is 1. The van der Waals surface area contributed by atoms with Crippen molar-refractivity contribution in [2.24, 2.45) is 0 Å². The predicted molar refractivity (Wildman–Crippen MR) is 75.4 cm³/mol. The van der Waals surface area contributed by atoms with Crippen molar-refractivity contribution in [1.82, 2.24) is 0 Å². The molecule has 1 aliphatic rings. The second-order valence-corrected chi connectivity index (χ2v) is 4.84. The summed E-state index contributed by atoms with van der Waals surface area (Å²) in [7, 11) is 0. The van der Waals surface area contributed by atoms with Gasteiger partial charge in [0.2, 0.25) is 0 Å². The van der Waals surface area contributed by atoms with Crippen LogP contribution in [0.1, 0.15) is 64.2 Å². The lowest BCUT2D eigenvalue weighted by molar-refractivity contribution is -0.143. The topological polar surface area (TPSA) is 26.3 Å². The van der Waals surface area contributed by atoms with Crippen molar-refractivity contribution in [2.75, 3.05) is 6.61 Å². The smallest absolute Gasteiger partial charge is 0.305 e. The highest BCUT2D eigenvalue weighted by Gasteiger charge is 2.01. The Morgan fingerprint density at radius 3 is 2.06 bits per heavy atom. The maximum absolute atomic E-state index is 11.4. The van der Waals surface area contributed by atoms with Crippen molar-refractivity contribution < 1.29 is 9.53 Å². The predicted octanol–water partition coefficient (Wildman–Crippen LogP) is 4.56. The molecule has 0 saturated heterocycles. The summed E-state index contributed by atoms with van der Waals surface area (Å²) >= 11 is 0. The molecule has 1 aliphatic heterocycles. The zero-order valence-corrected chi connectivity index (χ0v) is 11.4. The molecule has 0 unspecified atom stereocenters. The quantitative estimate of drug-likeness (QED) is 0.465. The van der Waals surface area contributed by atoms with Crippen molar-refractivity contribution in [2.45, 2.75) is 64.2 Å². The van der Waals surface area contributed by atoms with Crippen molar-refractivity contribution in [3.63, 3.8) is 0 Å². The van der Waals surface area contributed by atoms with E-state index in [9.17, 15) is 4.79 Å². The van der Waals surface area contributed by atoms with Crippen LogP contribution in [-0.2, 0) is 9.53 Å². The summed E-state index contributed by atoms with van der Waals surface area (Å²) in [5.41, 5.74) is 0. The number of allylic oxidation sites excluding steroid dienone is 4. The fraction of sp³-hybridized carbons (Fsp3) is 0.688. The van der Waals surface area contributed by atoms with Crippen LogP contribution in [0.5, 0.6) is 0 Å². The van der Waals surface area contributed by atoms with E-state index in [1.165, 1.54) is 6.42 Å². The summed E-state index contributed by atoms with van der Waals surface area (Å²) in [6.07, 6.45) is 19.5. The first-order chi connectivity index (χ1) is 8.89. The number of esters is 1. The third-order valence-corrected chi connectivity index (χ3v) is 3.11. The first kappa shape index (κ1) is 15.0. The van der Waals surface area contributed by atoms with Gasteiger partial charge < -0.3 is 4.74 Å². The monoisotopic (exact) mass is 250 g/mol. The van der Waals surface area contributed by atoms with E-state index in [-0.39, 0.29) is 5.97 Å². The lowest BCUT2D eigenvalue weighted by atomic mass is 10.1. The van der Waals surface area contributed by atoms with Crippen molar-refractivity contribution in [3.05, 3.63) is 24.3 Å². The third kappa shape index (κ3) is 9.03. The molecule has 0 saturated carbocycles. The molecule has 0 atom stereocenters. The number of carbonyl (C=O) groups excluding carboxylic acids is 1. The van der Waals surface area contributed by atoms with E-state index < -0.39 is 0 Å². The molecule has 18 heavy (non-hydrogen) atoms. The maximum Gasteiger partial charge on any atom is 0.305 e. The highest BCUT2D eigenvalue weighted by Crippen LogP contribution is 2.06. The molecule has 0 radical (unpaired) electrons. The average molecular weight is 250 g/mol. The minimum Gasteiger partial charge on any atom is -0.466 e. The third-order valence-electron chi connectivity index (χ3n) is 3.11. The van der Waals surface area contributed by atoms with Crippen LogP contribution >= 0.6 is 0 Å². The normalized spacial score (nSPS) is 24.8. The van der Waals surface area contributed by atoms with Gasteiger partial charge in [-0.25, -0.2) is 0 Å². The van der Waals surface area contributed by atoms with Gasteiger partial charge in [0.25, 0.3) is 0 Å². The largest absolute Gasteiger partial charge is 0.466 e. The van der Waals surface area contributed by atoms with Crippen LogP contribution in [0.4, 0.5) is 0 Å². The molecule has 0 aromatic carbocycles. The molecular formula is C16H26O2. The van der Waals surface area contributed by atoms with Gasteiger partial charge in [0.15, 0.2) is 0 Å². The molecule has 2 heteroatoms. The standard InChI is InChI=1S/C16H26O2/c17-16-14-12-10-8-6-4-2-1-3-5-7-9-11-13-15-18-16/h3-6H,1-2,7-15H2/b5-3-,6-4-. The van der Waals surface area contributed by atoms with Crippen molar-refractivity contribution in [1.29, 1.82) is 0 Å². The van der Waals surface area contributed by atoms with Crippen LogP contribution in [0.3, 0.4) is 0 Å². The van der Waals surface area contributed by atoms with Crippen LogP contribution in [-0.4, -0.2) is 12.6 Å². The lowest BCUT2D eigenvalue weighted by Gasteiger charge is -2.04. The number of hydrogen-bond donors (Lipinski definition) is 0. The fourth-order valence-electron chi connectivity index (χ4n) is 1.99. The fourth-order valence-corrected chi connectivity index (χ4v) is 1.99. The van der Waals surface area contributed by atoms with E-state index >= 15 is 0 Å². The molecule has 2 nitrogen and oxygen atoms in total. The molecule has 0 aromatic rings. The second kappa shape index (κ2) is 11.1. The highest BCUT2D eigenvalue weighted by atomic mass is 16.5. The zero-order chi connectivity index (χ0) is 12.9. The molecule has 0 aliphatic carbocycles. The molecule has 102 valence electrons. The van der Waals surface area contributed by atoms with E-state index in [2.05, 4.69) is 24.3 Å². The number of rotatable bonds is 0. The molecule has 0 amide bonds. The average Bonchev–Trinajstić information content (AvgIpc) is 2.37. The number of ether oxygens (including phenoxy) is 1. The molecule has 0 N–H and O–H groups in total. The van der Waals surface area contributed by atoms with E-state index in [1.54, 1.807) is 0 Å². The van der Waals surface area contributed by atoms with Crippen molar-refractivity contribution >= 4 is 5.97 Å². The van der Waals surface area contributed by atoms with Crippen LogP contribution in [0.15, 0.2) is 24.3 Å². The molecule has 1 rings (SSSR count). The Hall–Kier alpha value is -1.05. The van der Waals surface area contributed by atoms with Crippen LogP contribution in [0.25, 0.3) is 0 Å². The molecule has 0 bridgehead atoms. The Balaban J connectivity index is 2.24. The summed E-state index contributed by atoms with van der Waals surface area (Å²) in [6, 6.07) is 0. The van der Waals surface area contributed by atoms with E-state index in [1.807, 2.05) is 0 Å². The zero-order valence-electron chi connectivity index (χ0n) is 11.4. The lowest BCUT2D eigenvalue weighted by Crippen LogP contribution is -2.05. The Bertz CT molecular complexity index is 266. The van der Waals surface area contributed by atoms with Crippen molar-refractivity contribution in [3.8, 4) is 0 Å². The minimum absolute atomic E-state index is 0.0248. The maximum atomic E-state index is 11.4.